The summed E-state index contributed by atoms with van der Waals surface area (Å²) in [5.74, 6) is -0.859. The first-order valence-corrected chi connectivity index (χ1v) is 17.6. The molecule has 0 amide bonds. The number of carbonyl (C=O) groups excluding carboxylic acids is 4. The Balaban J connectivity index is 0.000000250. The van der Waals surface area contributed by atoms with Crippen molar-refractivity contribution in [3.63, 3.8) is 0 Å². The Morgan fingerprint density at radius 2 is 1.46 bits per heavy atom. The Kier molecular flexibility index (Phi) is 14.9. The lowest BCUT2D eigenvalue weighted by molar-refractivity contribution is -0.158. The first-order chi connectivity index (χ1) is 22.2. The minimum absolute atomic E-state index is 0.0646. The summed E-state index contributed by atoms with van der Waals surface area (Å²) in [6, 6.07) is 0. The molecule has 11 nitrogen and oxygen atoms in total. The van der Waals surface area contributed by atoms with Crippen LogP contribution in [0.25, 0.3) is 0 Å². The maximum Gasteiger partial charge on any atom is 0.511 e. The van der Waals surface area contributed by atoms with Gasteiger partial charge in [-0.15, -0.1) is 0 Å². The highest BCUT2D eigenvalue weighted by atomic mass is 32.2. The van der Waals surface area contributed by atoms with E-state index in [1.807, 2.05) is 0 Å². The quantitative estimate of drug-likeness (QED) is 0.132. The summed E-state index contributed by atoms with van der Waals surface area (Å²) in [6.45, 7) is 16.1. The molecule has 48 heavy (non-hydrogen) atoms. The highest BCUT2D eigenvalue weighted by molar-refractivity contribution is 7.90. The number of nitrogens with one attached hydrogen (secondary N) is 1. The highest BCUT2D eigenvalue weighted by Gasteiger charge is 2.63. The Hall–Kier alpha value is -3.20. The summed E-state index contributed by atoms with van der Waals surface area (Å²) in [4.78, 5) is 45.3. The first kappa shape index (κ1) is 41.0. The second kappa shape index (κ2) is 17.5. The van der Waals surface area contributed by atoms with Gasteiger partial charge >= 0.3 is 39.4 Å². The van der Waals surface area contributed by atoms with Gasteiger partial charge in [0.25, 0.3) is 0 Å². The molecular weight excluding hydrogens is 659 g/mol. The molecule has 1 saturated heterocycles. The van der Waals surface area contributed by atoms with Crippen LogP contribution in [0.5, 0.6) is 0 Å². The van der Waals surface area contributed by atoms with Crippen molar-refractivity contribution in [3.05, 3.63) is 36.5 Å². The van der Waals surface area contributed by atoms with Crippen LogP contribution in [0.1, 0.15) is 91.9 Å². The number of halogens is 3. The lowest BCUT2D eigenvalue weighted by Crippen LogP contribution is -2.38. The maximum atomic E-state index is 11.8. The monoisotopic (exact) mass is 707 g/mol. The Labute approximate surface area is 280 Å². The van der Waals surface area contributed by atoms with Crippen LogP contribution in [-0.4, -0.2) is 68.8 Å². The fourth-order valence-corrected chi connectivity index (χ4v) is 6.69. The number of rotatable bonds is 10. The number of fused-ring (bicyclic) bond motifs is 1. The molecule has 0 aromatic rings. The van der Waals surface area contributed by atoms with Crippen LogP contribution in [-0.2, 0) is 48.1 Å². The van der Waals surface area contributed by atoms with Crippen molar-refractivity contribution >= 4 is 33.9 Å². The van der Waals surface area contributed by atoms with Crippen LogP contribution in [0.15, 0.2) is 36.5 Å². The van der Waals surface area contributed by atoms with Gasteiger partial charge < -0.3 is 18.9 Å². The van der Waals surface area contributed by atoms with Crippen LogP contribution in [0, 0.1) is 17.8 Å². The molecule has 1 heterocycles. The predicted molar refractivity (Wildman–Crippen MR) is 169 cm³/mol. The van der Waals surface area contributed by atoms with Crippen LogP contribution < -0.4 is 4.72 Å². The molecule has 15 heteroatoms. The van der Waals surface area contributed by atoms with Crippen LogP contribution in [0.2, 0.25) is 0 Å². The summed E-state index contributed by atoms with van der Waals surface area (Å²) in [6.07, 6.45) is 10.5. The smallest absolute Gasteiger partial charge is 0.461 e. The summed E-state index contributed by atoms with van der Waals surface area (Å²) >= 11 is 0. The summed E-state index contributed by atoms with van der Waals surface area (Å²) in [5, 5.41) is 0. The molecule has 5 unspecified atom stereocenters. The van der Waals surface area contributed by atoms with Gasteiger partial charge in [-0.2, -0.15) is 13.2 Å². The minimum Gasteiger partial charge on any atom is -0.461 e. The number of alkyl halides is 3. The molecule has 0 spiro atoms. The van der Waals surface area contributed by atoms with Gasteiger partial charge in [0.1, 0.15) is 24.4 Å². The molecular formula is C33H48F3NO10S. The Bertz CT molecular complexity index is 1340. The van der Waals surface area contributed by atoms with Crippen LogP contribution in [0.4, 0.5) is 13.2 Å². The molecule has 1 aliphatic heterocycles. The van der Waals surface area contributed by atoms with Crippen molar-refractivity contribution in [3.8, 4) is 0 Å². The van der Waals surface area contributed by atoms with E-state index in [1.165, 1.54) is 43.7 Å². The molecule has 0 aromatic carbocycles. The van der Waals surface area contributed by atoms with E-state index < -0.39 is 34.7 Å². The number of carbonyl (C=O) groups is 4. The number of hydrogen-bond donors (Lipinski definition) is 1. The summed E-state index contributed by atoms with van der Waals surface area (Å²) < 4.78 is 78.2. The van der Waals surface area contributed by atoms with Crippen LogP contribution in [0.3, 0.4) is 0 Å². The van der Waals surface area contributed by atoms with E-state index in [1.54, 1.807) is 13.8 Å². The van der Waals surface area contributed by atoms with E-state index in [9.17, 15) is 40.8 Å². The zero-order chi connectivity index (χ0) is 36.4. The van der Waals surface area contributed by atoms with E-state index >= 15 is 0 Å². The third-order valence-corrected chi connectivity index (χ3v) is 10.0. The standard InChI is InChI=1S/C14H24O2.C12H14O4.C7H10F3NO4S/c1-4-14(16-13(15)12(2)3)10-8-6-5-7-9-11-14;1-5(2)11(13)15-9-6-3-7-8(4-6)12(14)16-10(7)9;1-5(2)6(12)15-4-3-11-16(13,14)7(8,9)10/h2,4-11H2,1,3H3;6-10H,1,3-4H2,2H3;11H,1,3-4H2,2H3. The van der Waals surface area contributed by atoms with Gasteiger partial charge in [-0.3, -0.25) is 4.79 Å². The minimum atomic E-state index is -5.38. The molecule has 4 rings (SSSR count). The zero-order valence-corrected chi connectivity index (χ0v) is 28.9. The fourth-order valence-electron chi connectivity index (χ4n) is 6.17. The first-order valence-electron chi connectivity index (χ1n) is 16.1. The van der Waals surface area contributed by atoms with Gasteiger partial charge in [-0.1, -0.05) is 45.9 Å². The average molecular weight is 708 g/mol. The average Bonchev–Trinajstić information content (AvgIpc) is 3.62. The van der Waals surface area contributed by atoms with Crippen molar-refractivity contribution in [2.45, 2.75) is 115 Å². The molecule has 4 aliphatic rings. The second-order valence-electron chi connectivity index (χ2n) is 12.8. The number of ether oxygens (including phenoxy) is 4. The summed E-state index contributed by atoms with van der Waals surface area (Å²) in [5.41, 5.74) is -4.61. The molecule has 5 atom stereocenters. The third-order valence-electron chi connectivity index (χ3n) is 8.85. The van der Waals surface area contributed by atoms with E-state index in [-0.39, 0.29) is 53.1 Å². The highest BCUT2D eigenvalue weighted by Crippen LogP contribution is 2.55. The van der Waals surface area contributed by atoms with E-state index in [2.05, 4.69) is 31.4 Å². The van der Waals surface area contributed by atoms with Gasteiger partial charge in [-0.25, -0.2) is 27.5 Å². The third kappa shape index (κ3) is 11.2. The van der Waals surface area contributed by atoms with Crippen LogP contribution >= 0.6 is 0 Å². The molecule has 0 radical (unpaired) electrons. The van der Waals surface area contributed by atoms with Gasteiger partial charge in [0.05, 0.1) is 5.92 Å². The number of hydrogen-bond acceptors (Lipinski definition) is 10. The molecule has 0 aromatic heterocycles. The fraction of sp³-hybridized carbons (Fsp3) is 0.697. The van der Waals surface area contributed by atoms with Crippen molar-refractivity contribution < 1.29 is 59.7 Å². The molecule has 272 valence electrons. The van der Waals surface area contributed by atoms with Crippen molar-refractivity contribution in [1.82, 2.24) is 4.72 Å². The SMILES string of the molecule is C=C(C)C(=O)OC1(CC)CCCCCCC1.C=C(C)C(=O)OC1C2CC3C(=O)OC1C3C2.C=C(C)C(=O)OCCNS(=O)(=O)C(F)(F)F. The van der Waals surface area contributed by atoms with Gasteiger partial charge in [0.15, 0.2) is 0 Å². The molecule has 4 fully saturated rings. The molecule has 3 saturated carbocycles. The maximum absolute atomic E-state index is 11.8. The molecule has 1 N–H and O–H groups in total. The topological polar surface area (TPSA) is 151 Å². The van der Waals surface area contributed by atoms with Crippen molar-refractivity contribution in [2.75, 3.05) is 13.2 Å². The predicted octanol–water partition coefficient (Wildman–Crippen LogP) is 5.60. The normalized spacial score (nSPS) is 25.4. The van der Waals surface area contributed by atoms with Gasteiger partial charge in [0.2, 0.25) is 0 Å². The Morgan fingerprint density at radius 3 is 1.96 bits per heavy atom. The van der Waals surface area contributed by atoms with Gasteiger partial charge in [-0.05, 0) is 65.7 Å². The molecule has 3 aliphatic carbocycles. The lowest BCUT2D eigenvalue weighted by atomic mass is 9.85. The van der Waals surface area contributed by atoms with Crippen molar-refractivity contribution in [2.24, 2.45) is 17.8 Å². The van der Waals surface area contributed by atoms with E-state index in [4.69, 9.17) is 14.2 Å². The Morgan fingerprint density at radius 1 is 0.917 bits per heavy atom. The van der Waals surface area contributed by atoms with E-state index in [0.29, 0.717) is 17.1 Å². The largest absolute Gasteiger partial charge is 0.511 e. The van der Waals surface area contributed by atoms with Gasteiger partial charge in [0, 0.05) is 35.1 Å². The number of sulfonamides is 1. The zero-order valence-electron chi connectivity index (χ0n) is 28.1. The lowest BCUT2D eigenvalue weighted by Gasteiger charge is -2.34. The second-order valence-corrected chi connectivity index (χ2v) is 14.5. The summed E-state index contributed by atoms with van der Waals surface area (Å²) in [7, 11) is -5.38. The van der Waals surface area contributed by atoms with E-state index in [0.717, 1.165) is 32.1 Å². The molecule has 2 bridgehead atoms. The number of esters is 4. The van der Waals surface area contributed by atoms with Crippen molar-refractivity contribution in [1.29, 1.82) is 0 Å².